The van der Waals surface area contributed by atoms with Crippen LogP contribution in [0.15, 0.2) is 24.3 Å². The third-order valence-electron chi connectivity index (χ3n) is 3.93. The van der Waals surface area contributed by atoms with Gasteiger partial charge < -0.3 is 16.0 Å². The highest BCUT2D eigenvalue weighted by molar-refractivity contribution is 5.79. The van der Waals surface area contributed by atoms with E-state index in [4.69, 9.17) is 5.73 Å². The fourth-order valence-electron chi connectivity index (χ4n) is 2.79. The number of carbonyl (C=O) groups is 2. The molecule has 2 rings (SSSR count). The van der Waals surface area contributed by atoms with Gasteiger partial charge in [-0.05, 0) is 18.9 Å². The van der Waals surface area contributed by atoms with E-state index in [-0.39, 0.29) is 17.9 Å². The molecule has 3 amide bonds. The molecule has 1 aliphatic heterocycles. The van der Waals surface area contributed by atoms with Crippen molar-refractivity contribution in [1.29, 1.82) is 0 Å². The van der Waals surface area contributed by atoms with Gasteiger partial charge in [0, 0.05) is 18.7 Å². The second kappa shape index (κ2) is 7.77. The Bertz CT molecular complexity index is 528. The Morgan fingerprint density at radius 3 is 2.41 bits per heavy atom. The van der Waals surface area contributed by atoms with Crippen molar-refractivity contribution in [2.45, 2.75) is 38.1 Å². The lowest BCUT2D eigenvalue weighted by molar-refractivity contribution is -0.131. The van der Waals surface area contributed by atoms with Crippen LogP contribution in [-0.4, -0.2) is 29.9 Å². The molecule has 1 aromatic carbocycles. The molecule has 0 aliphatic carbocycles. The number of nitrogens with two attached hydrogens (primary N) is 1. The summed E-state index contributed by atoms with van der Waals surface area (Å²) in [5.41, 5.74) is 5.44. The standard InChI is InChI=1S/C16H22FN3O2/c17-13-8-4-3-7-12(13)14(19-16(18)22)11-15(21)20-9-5-1-2-6-10-20/h3-4,7-8,14H,1-2,5-6,9-11H2,(H3,18,19,22). The van der Waals surface area contributed by atoms with E-state index in [1.807, 2.05) is 0 Å². The monoisotopic (exact) mass is 307 g/mol. The average Bonchev–Trinajstić information content (AvgIpc) is 2.75. The van der Waals surface area contributed by atoms with Crippen molar-refractivity contribution in [2.24, 2.45) is 5.73 Å². The lowest BCUT2D eigenvalue weighted by Crippen LogP contribution is -2.39. The molecule has 1 unspecified atom stereocenters. The number of primary amides is 1. The van der Waals surface area contributed by atoms with Crippen LogP contribution < -0.4 is 11.1 Å². The van der Waals surface area contributed by atoms with E-state index >= 15 is 0 Å². The second-order valence-corrected chi connectivity index (χ2v) is 5.58. The summed E-state index contributed by atoms with van der Waals surface area (Å²) >= 11 is 0. The fourth-order valence-corrected chi connectivity index (χ4v) is 2.79. The molecule has 22 heavy (non-hydrogen) atoms. The zero-order valence-corrected chi connectivity index (χ0v) is 12.6. The van der Waals surface area contributed by atoms with Gasteiger partial charge in [0.2, 0.25) is 5.91 Å². The van der Waals surface area contributed by atoms with Crippen LogP contribution in [0.4, 0.5) is 9.18 Å². The van der Waals surface area contributed by atoms with Crippen molar-refractivity contribution in [2.75, 3.05) is 13.1 Å². The van der Waals surface area contributed by atoms with Crippen molar-refractivity contribution >= 4 is 11.9 Å². The van der Waals surface area contributed by atoms with Crippen molar-refractivity contribution in [3.8, 4) is 0 Å². The zero-order valence-electron chi connectivity index (χ0n) is 12.6. The van der Waals surface area contributed by atoms with Crippen LogP contribution in [0.3, 0.4) is 0 Å². The molecule has 1 saturated heterocycles. The minimum atomic E-state index is -0.767. The molecule has 5 nitrogen and oxygen atoms in total. The number of likely N-dealkylation sites (tertiary alicyclic amines) is 1. The Kier molecular flexibility index (Phi) is 5.75. The van der Waals surface area contributed by atoms with Crippen LogP contribution in [-0.2, 0) is 4.79 Å². The third-order valence-corrected chi connectivity index (χ3v) is 3.93. The van der Waals surface area contributed by atoms with Gasteiger partial charge in [0.1, 0.15) is 5.82 Å². The van der Waals surface area contributed by atoms with Gasteiger partial charge in [0.25, 0.3) is 0 Å². The van der Waals surface area contributed by atoms with Gasteiger partial charge in [-0.3, -0.25) is 4.79 Å². The number of carbonyl (C=O) groups excluding carboxylic acids is 2. The number of benzene rings is 1. The summed E-state index contributed by atoms with van der Waals surface area (Å²) in [5.74, 6) is -0.534. The van der Waals surface area contributed by atoms with E-state index in [0.717, 1.165) is 38.8 Å². The lowest BCUT2D eigenvalue weighted by atomic mass is 10.0. The van der Waals surface area contributed by atoms with Gasteiger partial charge >= 0.3 is 6.03 Å². The summed E-state index contributed by atoms with van der Waals surface area (Å²) < 4.78 is 13.9. The van der Waals surface area contributed by atoms with Gasteiger partial charge in [0.05, 0.1) is 12.5 Å². The number of halogens is 1. The predicted molar refractivity (Wildman–Crippen MR) is 81.5 cm³/mol. The maximum Gasteiger partial charge on any atom is 0.312 e. The van der Waals surface area contributed by atoms with Gasteiger partial charge in [-0.25, -0.2) is 9.18 Å². The first-order chi connectivity index (χ1) is 10.6. The number of hydrogen-bond donors (Lipinski definition) is 2. The van der Waals surface area contributed by atoms with E-state index in [9.17, 15) is 14.0 Å². The molecule has 0 aromatic heterocycles. The van der Waals surface area contributed by atoms with Crippen LogP contribution in [0.5, 0.6) is 0 Å². The van der Waals surface area contributed by atoms with Crippen molar-refractivity contribution in [1.82, 2.24) is 10.2 Å². The molecular weight excluding hydrogens is 285 g/mol. The van der Waals surface area contributed by atoms with Crippen molar-refractivity contribution in [3.63, 3.8) is 0 Å². The van der Waals surface area contributed by atoms with Gasteiger partial charge in [-0.2, -0.15) is 0 Å². The Balaban J connectivity index is 2.10. The van der Waals surface area contributed by atoms with Gasteiger partial charge in [-0.15, -0.1) is 0 Å². The van der Waals surface area contributed by atoms with E-state index in [0.29, 0.717) is 0 Å². The Hall–Kier alpha value is -2.11. The van der Waals surface area contributed by atoms with E-state index in [2.05, 4.69) is 5.32 Å². The van der Waals surface area contributed by atoms with E-state index in [1.54, 1.807) is 23.1 Å². The molecule has 120 valence electrons. The molecule has 0 spiro atoms. The number of hydrogen-bond acceptors (Lipinski definition) is 2. The van der Waals surface area contributed by atoms with Crippen LogP contribution in [0.1, 0.15) is 43.7 Å². The number of nitrogens with one attached hydrogen (secondary N) is 1. The quantitative estimate of drug-likeness (QED) is 0.895. The smallest absolute Gasteiger partial charge is 0.312 e. The third kappa shape index (κ3) is 4.44. The highest BCUT2D eigenvalue weighted by atomic mass is 19.1. The summed E-state index contributed by atoms with van der Waals surface area (Å²) in [7, 11) is 0. The molecule has 1 fully saturated rings. The summed E-state index contributed by atoms with van der Waals surface area (Å²) in [6, 6.07) is 4.60. The topological polar surface area (TPSA) is 75.4 Å². The SMILES string of the molecule is NC(=O)NC(CC(=O)N1CCCCCC1)c1ccccc1F. The van der Waals surface area contributed by atoms with Gasteiger partial charge in [-0.1, -0.05) is 31.0 Å². The lowest BCUT2D eigenvalue weighted by Gasteiger charge is -2.24. The van der Waals surface area contributed by atoms with Crippen LogP contribution in [0.25, 0.3) is 0 Å². The number of amides is 3. The number of rotatable bonds is 4. The molecular formula is C16H22FN3O2. The van der Waals surface area contributed by atoms with Gasteiger partial charge in [0.15, 0.2) is 0 Å². The maximum atomic E-state index is 13.9. The van der Waals surface area contributed by atoms with E-state index in [1.165, 1.54) is 6.07 Å². The summed E-state index contributed by atoms with van der Waals surface area (Å²) in [5, 5.41) is 2.47. The largest absolute Gasteiger partial charge is 0.352 e. The summed E-state index contributed by atoms with van der Waals surface area (Å²) in [6.07, 6.45) is 4.24. The summed E-state index contributed by atoms with van der Waals surface area (Å²) in [6.45, 7) is 1.44. The van der Waals surface area contributed by atoms with Crippen LogP contribution in [0, 0.1) is 5.82 Å². The zero-order chi connectivity index (χ0) is 15.9. The molecule has 6 heteroatoms. The summed E-state index contributed by atoms with van der Waals surface area (Å²) in [4.78, 5) is 25.4. The molecule has 1 atom stereocenters. The number of nitrogens with zero attached hydrogens (tertiary/aromatic N) is 1. The van der Waals surface area contributed by atoms with Crippen LogP contribution >= 0.6 is 0 Å². The normalized spacial score (nSPS) is 16.7. The Morgan fingerprint density at radius 1 is 1.18 bits per heavy atom. The van der Waals surface area contributed by atoms with Crippen LogP contribution in [0.2, 0.25) is 0 Å². The maximum absolute atomic E-state index is 13.9. The molecule has 0 bridgehead atoms. The molecule has 1 heterocycles. The number of urea groups is 1. The first kappa shape index (κ1) is 16.3. The first-order valence-electron chi connectivity index (χ1n) is 7.66. The average molecular weight is 307 g/mol. The Labute approximate surface area is 129 Å². The fraction of sp³-hybridized carbons (Fsp3) is 0.500. The molecule has 0 radical (unpaired) electrons. The molecule has 1 aliphatic rings. The molecule has 0 saturated carbocycles. The predicted octanol–water partition coefficient (Wildman–Crippen LogP) is 2.33. The first-order valence-corrected chi connectivity index (χ1v) is 7.66. The highest BCUT2D eigenvalue weighted by Crippen LogP contribution is 2.22. The minimum Gasteiger partial charge on any atom is -0.352 e. The van der Waals surface area contributed by atoms with Crippen molar-refractivity contribution in [3.05, 3.63) is 35.6 Å². The Morgan fingerprint density at radius 2 is 1.82 bits per heavy atom. The molecule has 3 N–H and O–H groups in total. The van der Waals surface area contributed by atoms with E-state index < -0.39 is 17.9 Å². The highest BCUT2D eigenvalue weighted by Gasteiger charge is 2.24. The van der Waals surface area contributed by atoms with Crippen molar-refractivity contribution < 1.29 is 14.0 Å². The second-order valence-electron chi connectivity index (χ2n) is 5.58. The molecule has 1 aromatic rings. The minimum absolute atomic E-state index is 0.0177.